The van der Waals surface area contributed by atoms with E-state index in [-0.39, 0.29) is 0 Å². The van der Waals surface area contributed by atoms with Gasteiger partial charge in [-0.15, -0.1) is 0 Å². The summed E-state index contributed by atoms with van der Waals surface area (Å²) in [6.45, 7) is 0. The molecule has 1 fully saturated rings. The molecule has 0 bridgehead atoms. The van der Waals surface area contributed by atoms with E-state index in [4.69, 9.17) is 0 Å². The third-order valence-corrected chi connectivity index (χ3v) is 6.47. The minimum Gasteiger partial charge on any atom is -0.226 e. The minimum atomic E-state index is -10.2. The molecule has 1 saturated carbocycles. The molecule has 50 heavy (non-hydrogen) atoms. The third-order valence-electron chi connectivity index (χ3n) is 6.47. The summed E-state index contributed by atoms with van der Waals surface area (Å²) in [5.41, 5.74) is 0. The maximum absolute atomic E-state index is 13.7. The number of hydrogen-bond donors (Lipinski definition) is 0. The van der Waals surface area contributed by atoms with Crippen LogP contribution in [0.15, 0.2) is 0 Å². The summed E-state index contributed by atoms with van der Waals surface area (Å²) in [5, 5.41) is 0. The molecule has 0 aromatic rings. The lowest BCUT2D eigenvalue weighted by Crippen LogP contribution is -2.79. The van der Waals surface area contributed by atoms with Gasteiger partial charge in [0.2, 0.25) is 0 Å². The first-order valence-electron chi connectivity index (χ1n) is 10.5. The van der Waals surface area contributed by atoms with Gasteiger partial charge in [-0.25, -0.2) is 4.39 Å². The van der Waals surface area contributed by atoms with E-state index in [9.17, 15) is 145 Å². The average Bonchev–Trinajstić information content (AvgIpc) is 2.90. The first-order chi connectivity index (χ1) is 20.9. The van der Waals surface area contributed by atoms with Gasteiger partial charge in [0.15, 0.2) is 0 Å². The first kappa shape index (κ1) is 45.7. The maximum atomic E-state index is 13.7. The van der Waals surface area contributed by atoms with Gasteiger partial charge in [0.05, 0.1) is 0 Å². The zero-order chi connectivity index (χ0) is 41.6. The van der Waals surface area contributed by atoms with Crippen LogP contribution >= 0.6 is 0 Å². The van der Waals surface area contributed by atoms with Gasteiger partial charge in [-0.3, -0.25) is 0 Å². The summed E-state index contributed by atoms with van der Waals surface area (Å²) in [6, 6.07) is 0. The monoisotopic (exact) mass is 831 g/mol. The molecule has 0 heterocycles. The highest BCUT2D eigenvalue weighted by Crippen LogP contribution is 2.71. The Morgan fingerprint density at radius 3 is 0.340 bits per heavy atom. The fourth-order valence-corrected chi connectivity index (χ4v) is 3.23. The quantitative estimate of drug-likeness (QED) is 0.213. The van der Waals surface area contributed by atoms with Crippen LogP contribution in [0.4, 0.5) is 145 Å². The van der Waals surface area contributed by atoms with Gasteiger partial charge in [-0.2, -0.15) is 140 Å². The Kier molecular flexibility index (Phi) is 9.53. The van der Waals surface area contributed by atoms with Gasteiger partial charge < -0.3 is 0 Å². The third kappa shape index (κ3) is 4.36. The molecule has 1 aliphatic carbocycles. The Labute approximate surface area is 247 Å². The molecule has 0 N–H and O–H groups in total. The summed E-state index contributed by atoms with van der Waals surface area (Å²) in [4.78, 5) is 0. The predicted molar refractivity (Wildman–Crippen MR) is 83.5 cm³/mol. The molecule has 0 amide bonds. The lowest BCUT2D eigenvalue weighted by Gasteiger charge is -2.46. The zero-order valence-corrected chi connectivity index (χ0v) is 21.0. The molecule has 0 nitrogen and oxygen atoms in total. The lowest BCUT2D eigenvalue weighted by molar-refractivity contribution is -0.487. The van der Waals surface area contributed by atoms with Crippen molar-refractivity contribution in [2.45, 2.75) is 94.8 Å². The Morgan fingerprint density at radius 2 is 0.240 bits per heavy atom. The van der Waals surface area contributed by atoms with E-state index in [2.05, 4.69) is 0 Å². The van der Waals surface area contributed by atoms with Crippen LogP contribution in [0.2, 0.25) is 0 Å². The molecule has 0 unspecified atom stereocenters. The second-order valence-corrected chi connectivity index (χ2v) is 9.50. The molecule has 0 aromatic carbocycles. The van der Waals surface area contributed by atoms with Crippen molar-refractivity contribution < 1.29 is 145 Å². The zero-order valence-electron chi connectivity index (χ0n) is 21.0. The van der Waals surface area contributed by atoms with Gasteiger partial charge >= 0.3 is 94.8 Å². The van der Waals surface area contributed by atoms with E-state index < -0.39 is 101 Å². The topological polar surface area (TPSA) is 0 Å². The van der Waals surface area contributed by atoms with Crippen molar-refractivity contribution in [3.8, 4) is 0 Å². The van der Waals surface area contributed by atoms with Crippen molar-refractivity contribution in [3.63, 3.8) is 0 Å². The molecule has 0 saturated heterocycles. The van der Waals surface area contributed by atoms with Crippen LogP contribution in [-0.4, -0.2) is 94.8 Å². The van der Waals surface area contributed by atoms with E-state index in [1.165, 1.54) is 0 Å². The van der Waals surface area contributed by atoms with Gasteiger partial charge in [0.1, 0.15) is 0 Å². The SMILES string of the molecule is F[C]1C(F)(F)C(F)(F)C(F)(F)C(F)(F)C(F)(F)C(F)(F)C(F)(F)C(F)(F)C(F)(F)C(F)(F)C(F)(F)C(F)(F)C(F)(F)C(F)(F)C(F)(F)C1(F)F. The van der Waals surface area contributed by atoms with E-state index in [1.54, 1.807) is 0 Å². The Hall–Kier alpha value is -2.31. The van der Waals surface area contributed by atoms with Gasteiger partial charge in [-0.05, 0) is 0 Å². The van der Waals surface area contributed by atoms with E-state index in [0.29, 0.717) is 0 Å². The van der Waals surface area contributed by atoms with E-state index in [1.807, 2.05) is 0 Å². The molecular weight excluding hydrogens is 831 g/mol. The van der Waals surface area contributed by atoms with Crippen LogP contribution in [0.1, 0.15) is 0 Å². The lowest BCUT2D eigenvalue weighted by atomic mass is 9.83. The molecule has 1 rings (SSSR count). The molecule has 1 radical (unpaired) electrons. The summed E-state index contributed by atoms with van der Waals surface area (Å²) >= 11 is 0. The van der Waals surface area contributed by atoms with Crippen LogP contribution in [0, 0.1) is 6.17 Å². The summed E-state index contributed by atoms with van der Waals surface area (Å²) in [7, 11) is 0. The van der Waals surface area contributed by atoms with Crippen molar-refractivity contribution in [3.05, 3.63) is 6.17 Å². The van der Waals surface area contributed by atoms with Crippen molar-refractivity contribution in [2.24, 2.45) is 0 Å². The summed E-state index contributed by atoms with van der Waals surface area (Å²) in [6.07, 6.45) is -7.06. The Morgan fingerprint density at radius 1 is 0.160 bits per heavy atom. The van der Waals surface area contributed by atoms with Crippen molar-refractivity contribution in [1.29, 1.82) is 0 Å². The maximum Gasteiger partial charge on any atom is 0.385 e. The van der Waals surface area contributed by atoms with Crippen LogP contribution < -0.4 is 0 Å². The largest absolute Gasteiger partial charge is 0.385 e. The van der Waals surface area contributed by atoms with Crippen LogP contribution in [0.25, 0.3) is 0 Å². The van der Waals surface area contributed by atoms with Gasteiger partial charge in [0, 0.05) is 0 Å². The average molecular weight is 831 g/mol. The van der Waals surface area contributed by atoms with Crippen molar-refractivity contribution in [1.82, 2.24) is 0 Å². The molecule has 33 heteroatoms. The second-order valence-electron chi connectivity index (χ2n) is 9.50. The highest BCUT2D eigenvalue weighted by atomic mass is 19.4. The van der Waals surface area contributed by atoms with Gasteiger partial charge in [0.25, 0.3) is 6.17 Å². The van der Waals surface area contributed by atoms with Gasteiger partial charge in [-0.1, -0.05) is 0 Å². The molecule has 1 aliphatic rings. The number of halogens is 33. The normalized spacial score (nSPS) is 33.8. The predicted octanol–water partition coefficient (Wildman–Crippen LogP) is 10.7. The molecular formula is C17F33. The van der Waals surface area contributed by atoms with Crippen LogP contribution in [0.3, 0.4) is 0 Å². The van der Waals surface area contributed by atoms with E-state index in [0.717, 1.165) is 0 Å². The van der Waals surface area contributed by atoms with E-state index >= 15 is 0 Å². The van der Waals surface area contributed by atoms with Crippen molar-refractivity contribution >= 4 is 0 Å². The molecule has 0 atom stereocenters. The molecule has 0 aliphatic heterocycles. The van der Waals surface area contributed by atoms with Crippen LogP contribution in [0.5, 0.6) is 0 Å². The Bertz CT molecular complexity index is 1200. The first-order valence-corrected chi connectivity index (χ1v) is 10.5. The molecule has 0 aromatic heterocycles. The second kappa shape index (κ2) is 10.4. The number of rotatable bonds is 0. The summed E-state index contributed by atoms with van der Waals surface area (Å²) in [5.74, 6) is -160. The fourth-order valence-electron chi connectivity index (χ4n) is 3.23. The van der Waals surface area contributed by atoms with Crippen LogP contribution in [-0.2, 0) is 0 Å². The molecule has 299 valence electrons. The van der Waals surface area contributed by atoms with Crippen molar-refractivity contribution in [2.75, 3.05) is 0 Å². The highest BCUT2D eigenvalue weighted by Gasteiger charge is 3.03. The number of alkyl halides is 32. The summed E-state index contributed by atoms with van der Waals surface area (Å²) < 4.78 is 453. The smallest absolute Gasteiger partial charge is 0.226 e. The standard InChI is InChI=1S/C17F33/c18-1-2(19,20)4(23,24)6(27,28)8(31,32)10(35,36)12(39,40)14(43,44)16(47,48)17(49,50)15(45,46)13(41,42)11(37,38)9(33,34)7(29,30)5(25,26)3(1,21)22. The minimum absolute atomic E-state index is 7.06. The Balaban J connectivity index is 4.82. The highest BCUT2D eigenvalue weighted by molar-refractivity contribution is 5.27. The number of hydrogen-bond acceptors (Lipinski definition) is 0. The molecule has 0 spiro atoms. The fraction of sp³-hybridized carbons (Fsp3) is 0.941.